The van der Waals surface area contributed by atoms with Gasteiger partial charge in [-0.25, -0.2) is 0 Å². The largest absolute Gasteiger partial charge is 0.309 e. The quantitative estimate of drug-likeness (QED) is 0.179. The van der Waals surface area contributed by atoms with Gasteiger partial charge in [0.05, 0.1) is 11.0 Å². The first kappa shape index (κ1) is 26.1. The summed E-state index contributed by atoms with van der Waals surface area (Å²) in [7, 11) is 0. The third-order valence-corrected chi connectivity index (χ3v) is 9.98. The van der Waals surface area contributed by atoms with Crippen LogP contribution in [-0.2, 0) is 0 Å². The van der Waals surface area contributed by atoms with E-state index >= 15 is 0 Å². The van der Waals surface area contributed by atoms with Gasteiger partial charge in [-0.15, -0.1) is 0 Å². The predicted octanol–water partition coefficient (Wildman–Crippen LogP) is 12.7. The van der Waals surface area contributed by atoms with Gasteiger partial charge in [0.2, 0.25) is 0 Å². The highest BCUT2D eigenvalue weighted by atomic mass is 15.0. The van der Waals surface area contributed by atoms with Crippen LogP contribution >= 0.6 is 0 Å². The van der Waals surface area contributed by atoms with E-state index in [1.54, 1.807) is 0 Å². The van der Waals surface area contributed by atoms with E-state index in [2.05, 4.69) is 180 Å². The zero-order valence-corrected chi connectivity index (χ0v) is 25.7. The molecule has 10 aromatic rings. The fourth-order valence-corrected chi connectivity index (χ4v) is 7.87. The third kappa shape index (κ3) is 3.90. The average Bonchev–Trinajstić information content (AvgIpc) is 3.48. The van der Waals surface area contributed by atoms with Crippen molar-refractivity contribution in [1.29, 1.82) is 0 Å². The summed E-state index contributed by atoms with van der Waals surface area (Å²) in [6, 6.07) is 64.5. The molecule has 0 fully saturated rings. The van der Waals surface area contributed by atoms with Crippen LogP contribution in [0.5, 0.6) is 0 Å². The van der Waals surface area contributed by atoms with Gasteiger partial charge < -0.3 is 4.57 Å². The van der Waals surface area contributed by atoms with Gasteiger partial charge in [-0.05, 0) is 102 Å². The van der Waals surface area contributed by atoms with Crippen molar-refractivity contribution in [3.8, 4) is 27.9 Å². The van der Waals surface area contributed by atoms with Gasteiger partial charge in [0.1, 0.15) is 0 Å². The minimum Gasteiger partial charge on any atom is -0.309 e. The predicted molar refractivity (Wildman–Crippen MR) is 202 cm³/mol. The molecule has 0 N–H and O–H groups in total. The number of aromatic nitrogens is 1. The number of nitrogens with zero attached hydrogens (tertiary/aromatic N) is 1. The van der Waals surface area contributed by atoms with E-state index in [9.17, 15) is 0 Å². The molecule has 0 saturated heterocycles. The van der Waals surface area contributed by atoms with Crippen molar-refractivity contribution < 1.29 is 0 Å². The Labute approximate surface area is 272 Å². The van der Waals surface area contributed by atoms with Gasteiger partial charge in [0, 0.05) is 16.5 Å². The summed E-state index contributed by atoms with van der Waals surface area (Å²) in [5, 5.41) is 12.9. The van der Waals surface area contributed by atoms with Crippen molar-refractivity contribution in [2.75, 3.05) is 0 Å². The molecule has 1 nitrogen and oxygen atoms in total. The first-order valence-electron chi connectivity index (χ1n) is 16.3. The Morgan fingerprint density at radius 1 is 0.255 bits per heavy atom. The van der Waals surface area contributed by atoms with Crippen LogP contribution in [0, 0.1) is 0 Å². The normalized spacial score (nSPS) is 11.8. The van der Waals surface area contributed by atoms with Crippen molar-refractivity contribution in [2.24, 2.45) is 0 Å². The molecular formula is C46H29N. The maximum atomic E-state index is 2.40. The zero-order valence-electron chi connectivity index (χ0n) is 25.7. The average molecular weight is 596 g/mol. The van der Waals surface area contributed by atoms with E-state index in [0.717, 1.165) is 0 Å². The fraction of sp³-hybridized carbons (Fsp3) is 0. The molecule has 0 spiro atoms. The highest BCUT2D eigenvalue weighted by Crippen LogP contribution is 2.41. The number of hydrogen-bond acceptors (Lipinski definition) is 0. The van der Waals surface area contributed by atoms with Crippen LogP contribution in [-0.4, -0.2) is 4.57 Å². The van der Waals surface area contributed by atoms with Gasteiger partial charge in [-0.1, -0.05) is 140 Å². The molecule has 0 radical (unpaired) electrons. The van der Waals surface area contributed by atoms with Crippen molar-refractivity contribution in [3.63, 3.8) is 0 Å². The minimum atomic E-state index is 1.18. The molecule has 0 unspecified atom stereocenters. The Bertz CT molecular complexity index is 2800. The molecule has 1 heterocycles. The van der Waals surface area contributed by atoms with E-state index in [1.807, 2.05) is 0 Å². The molecule has 9 aromatic carbocycles. The third-order valence-electron chi connectivity index (χ3n) is 9.98. The SMILES string of the molecule is c1ccc(-n2c3ccccc3c3cc(-c4ccc(-c5ccc6c7ccccc7c7ccccc7c6c5)c5ccccc45)ccc32)cc1. The molecule has 0 atom stereocenters. The van der Waals surface area contributed by atoms with Gasteiger partial charge in [0.25, 0.3) is 0 Å². The molecular weight excluding hydrogens is 567 g/mol. The first-order chi connectivity index (χ1) is 23.3. The lowest BCUT2D eigenvalue weighted by Crippen LogP contribution is -1.93. The Hall–Kier alpha value is -6.18. The first-order valence-corrected chi connectivity index (χ1v) is 16.3. The zero-order chi connectivity index (χ0) is 30.9. The maximum Gasteiger partial charge on any atom is 0.0541 e. The van der Waals surface area contributed by atoms with Gasteiger partial charge >= 0.3 is 0 Å². The fourth-order valence-electron chi connectivity index (χ4n) is 7.87. The molecule has 0 aliphatic carbocycles. The summed E-state index contributed by atoms with van der Waals surface area (Å²) >= 11 is 0. The lowest BCUT2D eigenvalue weighted by Gasteiger charge is -2.15. The number of benzene rings is 9. The van der Waals surface area contributed by atoms with Crippen LogP contribution in [0.25, 0.3) is 92.8 Å². The van der Waals surface area contributed by atoms with Crippen LogP contribution < -0.4 is 0 Å². The standard InChI is InChI=1S/C46H29N/c1-2-12-32(13-3-1)47-45-21-11-10-20-42(45)44-29-31(23-27-46(44)47)34-26-25-33(35-14-4-5-15-36(34)35)30-22-24-41-39-18-7-6-16-37(39)38-17-8-9-19-40(38)43(41)28-30/h1-29H. The van der Waals surface area contributed by atoms with E-state index in [1.165, 1.54) is 92.8 Å². The van der Waals surface area contributed by atoms with Gasteiger partial charge in [-0.3, -0.25) is 0 Å². The molecule has 0 bridgehead atoms. The summed E-state index contributed by atoms with van der Waals surface area (Å²) < 4.78 is 2.38. The summed E-state index contributed by atoms with van der Waals surface area (Å²) in [6.07, 6.45) is 0. The second-order valence-corrected chi connectivity index (χ2v) is 12.5. The van der Waals surface area contributed by atoms with Crippen molar-refractivity contribution >= 4 is 64.9 Å². The van der Waals surface area contributed by atoms with Crippen molar-refractivity contribution in [3.05, 3.63) is 176 Å². The molecule has 218 valence electrons. The van der Waals surface area contributed by atoms with Crippen LogP contribution in [0.3, 0.4) is 0 Å². The molecule has 0 aliphatic rings. The summed E-state index contributed by atoms with van der Waals surface area (Å²) in [5.74, 6) is 0. The summed E-state index contributed by atoms with van der Waals surface area (Å²) in [4.78, 5) is 0. The Balaban J connectivity index is 1.18. The molecule has 1 heteroatoms. The van der Waals surface area contributed by atoms with E-state index in [0.29, 0.717) is 0 Å². The van der Waals surface area contributed by atoms with Gasteiger partial charge in [-0.2, -0.15) is 0 Å². The topological polar surface area (TPSA) is 4.93 Å². The second kappa shape index (κ2) is 10.2. The highest BCUT2D eigenvalue weighted by molar-refractivity contribution is 6.26. The van der Waals surface area contributed by atoms with Crippen LogP contribution in [0.4, 0.5) is 0 Å². The monoisotopic (exact) mass is 595 g/mol. The Morgan fingerprint density at radius 2 is 0.681 bits per heavy atom. The molecule has 0 amide bonds. The smallest absolute Gasteiger partial charge is 0.0541 e. The van der Waals surface area contributed by atoms with Crippen molar-refractivity contribution in [2.45, 2.75) is 0 Å². The van der Waals surface area contributed by atoms with Crippen LogP contribution in [0.2, 0.25) is 0 Å². The van der Waals surface area contributed by atoms with Gasteiger partial charge in [0.15, 0.2) is 0 Å². The number of hydrogen-bond donors (Lipinski definition) is 0. The molecule has 0 saturated carbocycles. The molecule has 1 aromatic heterocycles. The van der Waals surface area contributed by atoms with Crippen LogP contribution in [0.1, 0.15) is 0 Å². The Morgan fingerprint density at radius 3 is 1.30 bits per heavy atom. The number of rotatable bonds is 3. The number of fused-ring (bicyclic) bond motifs is 10. The Kier molecular flexibility index (Phi) is 5.64. The maximum absolute atomic E-state index is 2.40. The summed E-state index contributed by atoms with van der Waals surface area (Å²) in [6.45, 7) is 0. The lowest BCUT2D eigenvalue weighted by atomic mass is 9.89. The van der Waals surface area contributed by atoms with E-state index in [-0.39, 0.29) is 0 Å². The van der Waals surface area contributed by atoms with E-state index in [4.69, 9.17) is 0 Å². The summed E-state index contributed by atoms with van der Waals surface area (Å²) in [5.41, 5.74) is 8.59. The number of para-hydroxylation sites is 2. The minimum absolute atomic E-state index is 1.18. The second-order valence-electron chi connectivity index (χ2n) is 12.5. The van der Waals surface area contributed by atoms with Crippen LogP contribution in [0.15, 0.2) is 176 Å². The molecule has 47 heavy (non-hydrogen) atoms. The molecule has 10 rings (SSSR count). The van der Waals surface area contributed by atoms with Crippen molar-refractivity contribution in [1.82, 2.24) is 4.57 Å². The van der Waals surface area contributed by atoms with E-state index < -0.39 is 0 Å². The molecule has 0 aliphatic heterocycles. The lowest BCUT2D eigenvalue weighted by molar-refractivity contribution is 1.18. The highest BCUT2D eigenvalue weighted by Gasteiger charge is 2.16.